The smallest absolute Gasteiger partial charge is 0.301 e. The number of aromatic amines is 1. The van der Waals surface area contributed by atoms with Gasteiger partial charge in [0.1, 0.15) is 5.75 Å². The van der Waals surface area contributed by atoms with Gasteiger partial charge in [-0.25, -0.2) is 5.10 Å². The van der Waals surface area contributed by atoms with Crippen LogP contribution in [0.5, 0.6) is 5.75 Å². The van der Waals surface area contributed by atoms with E-state index in [9.17, 15) is 9.90 Å². The van der Waals surface area contributed by atoms with Crippen LogP contribution in [0.1, 0.15) is 18.1 Å². The van der Waals surface area contributed by atoms with Crippen LogP contribution in [0.4, 0.5) is 11.4 Å². The second kappa shape index (κ2) is 8.17. The zero-order chi connectivity index (χ0) is 23.9. The fraction of sp³-hybridized carbons (Fsp3) is 0.120. The first-order chi connectivity index (χ1) is 17.1. The highest BCUT2D eigenvalue weighted by atomic mass is 16.3. The van der Waals surface area contributed by atoms with Crippen molar-refractivity contribution in [3.05, 3.63) is 71.8 Å². The van der Waals surface area contributed by atoms with Crippen LogP contribution in [0.25, 0.3) is 22.5 Å². The molecule has 1 aliphatic heterocycles. The van der Waals surface area contributed by atoms with Gasteiger partial charge in [0.15, 0.2) is 11.5 Å². The van der Waals surface area contributed by atoms with Crippen LogP contribution in [0, 0.1) is 0 Å². The molecule has 2 heterocycles. The van der Waals surface area contributed by atoms with Gasteiger partial charge in [0.25, 0.3) is 0 Å². The topological polar surface area (TPSA) is 132 Å². The number of aryl methyl sites for hydroxylation is 2. The van der Waals surface area contributed by atoms with Gasteiger partial charge in [-0.1, -0.05) is 36.4 Å². The number of anilines is 2. The van der Waals surface area contributed by atoms with E-state index in [0.29, 0.717) is 22.8 Å². The Morgan fingerprint density at radius 2 is 1.86 bits per heavy atom. The van der Waals surface area contributed by atoms with Gasteiger partial charge in [-0.15, -0.1) is 5.10 Å². The second-order valence-corrected chi connectivity index (χ2v) is 8.36. The number of fused-ring (bicyclic) bond motifs is 1. The minimum atomic E-state index is -0.321. The van der Waals surface area contributed by atoms with E-state index in [0.717, 1.165) is 29.7 Å². The van der Waals surface area contributed by atoms with Gasteiger partial charge in [-0.3, -0.25) is 10.2 Å². The summed E-state index contributed by atoms with van der Waals surface area (Å²) in [5, 5.41) is 34.9. The van der Waals surface area contributed by atoms with Crippen LogP contribution in [0.2, 0.25) is 0 Å². The van der Waals surface area contributed by atoms with Crippen LogP contribution in [0.3, 0.4) is 0 Å². The third kappa shape index (κ3) is 3.61. The molecule has 10 nitrogen and oxygen atoms in total. The molecule has 1 amide bonds. The third-order valence-electron chi connectivity index (χ3n) is 6.20. The number of aromatic hydroxyl groups is 1. The molecule has 0 bridgehead atoms. The number of hydrazone groups is 2. The number of carbonyl (C=O) groups excluding carboxylic acids is 1. The molecule has 10 heteroatoms. The molecule has 0 saturated heterocycles. The van der Waals surface area contributed by atoms with Gasteiger partial charge >= 0.3 is 5.91 Å². The van der Waals surface area contributed by atoms with E-state index >= 15 is 0 Å². The Kier molecular flexibility index (Phi) is 4.84. The lowest BCUT2D eigenvalue weighted by Crippen LogP contribution is -2.28. The summed E-state index contributed by atoms with van der Waals surface area (Å²) in [6.07, 6.45) is 2.09. The largest absolute Gasteiger partial charge is 0.505 e. The number of H-pyrrole nitrogens is 1. The number of nitrogens with one attached hydrogen (secondary N) is 2. The van der Waals surface area contributed by atoms with E-state index in [4.69, 9.17) is 0 Å². The summed E-state index contributed by atoms with van der Waals surface area (Å²) in [5.41, 5.74) is 9.33. The lowest BCUT2D eigenvalue weighted by atomic mass is 9.88. The first-order valence-electron chi connectivity index (χ1n) is 11.1. The minimum absolute atomic E-state index is 0.00367. The maximum Gasteiger partial charge on any atom is 0.301 e. The summed E-state index contributed by atoms with van der Waals surface area (Å²) in [4.78, 5) is 13.0. The van der Waals surface area contributed by atoms with E-state index in [-0.39, 0.29) is 17.4 Å². The van der Waals surface area contributed by atoms with E-state index in [1.165, 1.54) is 16.1 Å². The number of tetrazole rings is 1. The molecule has 2 aliphatic rings. The summed E-state index contributed by atoms with van der Waals surface area (Å²) in [6.45, 7) is 1.74. The average molecular weight is 464 g/mol. The molecule has 4 aromatic rings. The van der Waals surface area contributed by atoms with Gasteiger partial charge < -0.3 is 5.11 Å². The van der Waals surface area contributed by atoms with Crippen LogP contribution >= 0.6 is 0 Å². The van der Waals surface area contributed by atoms with E-state index in [2.05, 4.69) is 36.3 Å². The highest BCUT2D eigenvalue weighted by Gasteiger charge is 2.31. The molecule has 0 unspecified atom stereocenters. The SMILES string of the molecule is CC1=NN(c2ccc3c(c2)CC3)C(=O)/C1=N/Nc1cccc(-c2cccc(-c3nnn[nH]3)c2)c1O. The van der Waals surface area contributed by atoms with Gasteiger partial charge in [0, 0.05) is 11.1 Å². The number of benzene rings is 3. The molecule has 0 atom stereocenters. The normalized spacial score (nSPS) is 15.7. The Balaban J connectivity index is 1.26. The number of para-hydroxylation sites is 1. The quantitative estimate of drug-likeness (QED) is 0.306. The van der Waals surface area contributed by atoms with E-state index < -0.39 is 0 Å². The highest BCUT2D eigenvalue weighted by Crippen LogP contribution is 2.37. The molecule has 0 fully saturated rings. The average Bonchev–Trinajstić information content (AvgIpc) is 3.48. The number of carbonyl (C=O) groups is 1. The molecular weight excluding hydrogens is 444 g/mol. The monoisotopic (exact) mass is 464 g/mol. The van der Waals surface area contributed by atoms with Gasteiger partial charge in [-0.05, 0) is 71.1 Å². The Morgan fingerprint density at radius 1 is 1.03 bits per heavy atom. The van der Waals surface area contributed by atoms with Crippen molar-refractivity contribution in [1.29, 1.82) is 0 Å². The standard InChI is InChI=1S/C25H20N8O2/c1-14-22(25(35)33(30-14)19-11-10-15-8-9-16(15)13-19)27-26-21-7-3-6-20(23(21)34)17-4-2-5-18(12-17)24-28-31-32-29-24/h2-7,10-13,26,34H,8-9H2,1H3,(H,28,29,31,32)/b27-22+. The molecule has 6 rings (SSSR count). The van der Waals surface area contributed by atoms with Crippen molar-refractivity contribution in [2.45, 2.75) is 19.8 Å². The summed E-state index contributed by atoms with van der Waals surface area (Å²) in [6, 6.07) is 18.7. The maximum absolute atomic E-state index is 13.0. The Morgan fingerprint density at radius 3 is 2.63 bits per heavy atom. The Labute approximate surface area is 200 Å². The van der Waals surface area contributed by atoms with Crippen molar-refractivity contribution in [1.82, 2.24) is 20.6 Å². The van der Waals surface area contributed by atoms with E-state index in [1.807, 2.05) is 42.5 Å². The molecule has 1 aromatic heterocycles. The molecular formula is C25H20N8O2. The molecule has 35 heavy (non-hydrogen) atoms. The lowest BCUT2D eigenvalue weighted by Gasteiger charge is -2.21. The van der Waals surface area contributed by atoms with Gasteiger partial charge in [0.2, 0.25) is 0 Å². The second-order valence-electron chi connectivity index (χ2n) is 8.36. The Bertz CT molecular complexity index is 1520. The van der Waals surface area contributed by atoms with Gasteiger partial charge in [0.05, 0.1) is 17.1 Å². The van der Waals surface area contributed by atoms with Crippen LogP contribution < -0.4 is 10.4 Å². The van der Waals surface area contributed by atoms with Crippen LogP contribution in [0.15, 0.2) is 70.9 Å². The zero-order valence-electron chi connectivity index (χ0n) is 18.7. The van der Waals surface area contributed by atoms with Crippen molar-refractivity contribution in [2.75, 3.05) is 10.4 Å². The number of hydrogen-bond acceptors (Lipinski definition) is 8. The molecule has 172 valence electrons. The first-order valence-corrected chi connectivity index (χ1v) is 11.1. The lowest BCUT2D eigenvalue weighted by molar-refractivity contribution is -0.112. The highest BCUT2D eigenvalue weighted by molar-refractivity contribution is 6.71. The van der Waals surface area contributed by atoms with Crippen LogP contribution in [-0.4, -0.2) is 43.1 Å². The molecule has 3 aromatic carbocycles. The number of aromatic nitrogens is 4. The number of hydrogen-bond donors (Lipinski definition) is 3. The maximum atomic E-state index is 13.0. The van der Waals surface area contributed by atoms with Crippen molar-refractivity contribution < 1.29 is 9.90 Å². The molecule has 0 radical (unpaired) electrons. The molecule has 0 saturated carbocycles. The summed E-state index contributed by atoms with van der Waals surface area (Å²) < 4.78 is 0. The minimum Gasteiger partial charge on any atom is -0.505 e. The number of amides is 1. The van der Waals surface area contributed by atoms with Crippen molar-refractivity contribution in [3.8, 4) is 28.3 Å². The zero-order valence-corrected chi connectivity index (χ0v) is 18.7. The molecule has 3 N–H and O–H groups in total. The summed E-state index contributed by atoms with van der Waals surface area (Å²) in [5.74, 6) is 0.209. The van der Waals surface area contributed by atoms with E-state index in [1.54, 1.807) is 25.1 Å². The van der Waals surface area contributed by atoms with Crippen molar-refractivity contribution >= 4 is 28.7 Å². The predicted octanol–water partition coefficient (Wildman–Crippen LogP) is 3.53. The molecule has 0 spiro atoms. The number of nitrogens with zero attached hydrogens (tertiary/aromatic N) is 6. The summed E-state index contributed by atoms with van der Waals surface area (Å²) >= 11 is 0. The number of phenols is 1. The molecule has 1 aliphatic carbocycles. The number of rotatable bonds is 5. The fourth-order valence-electron chi connectivity index (χ4n) is 4.21. The summed E-state index contributed by atoms with van der Waals surface area (Å²) in [7, 11) is 0. The van der Waals surface area contributed by atoms with Gasteiger partial charge in [-0.2, -0.15) is 15.2 Å². The first kappa shape index (κ1) is 20.7. The van der Waals surface area contributed by atoms with Crippen molar-refractivity contribution in [3.63, 3.8) is 0 Å². The van der Waals surface area contributed by atoms with Crippen molar-refractivity contribution in [2.24, 2.45) is 10.2 Å². The van der Waals surface area contributed by atoms with Crippen LogP contribution in [-0.2, 0) is 17.6 Å². The fourth-order valence-corrected chi connectivity index (χ4v) is 4.21. The number of phenolic OH excluding ortho intramolecular Hbond substituents is 1. The Hall–Kier alpha value is -4.86. The third-order valence-corrected chi connectivity index (χ3v) is 6.20. The predicted molar refractivity (Wildman–Crippen MR) is 132 cm³/mol.